The van der Waals surface area contributed by atoms with Gasteiger partial charge in [0, 0.05) is 12.1 Å². The molecule has 25 heavy (non-hydrogen) atoms. The number of nitrogens with zero attached hydrogens (tertiary/aromatic N) is 1. The van der Waals surface area contributed by atoms with Crippen LogP contribution in [-0.4, -0.2) is 32.3 Å². The van der Waals surface area contributed by atoms with Gasteiger partial charge in [-0.1, -0.05) is 31.2 Å². The summed E-state index contributed by atoms with van der Waals surface area (Å²) in [4.78, 5) is 3.95. The average Bonchev–Trinajstić information content (AvgIpc) is 2.63. The number of ether oxygens (including phenoxy) is 2. The van der Waals surface area contributed by atoms with Crippen molar-refractivity contribution in [2.75, 3.05) is 26.3 Å². The molecule has 0 saturated carbocycles. The second-order valence-corrected chi connectivity index (χ2v) is 5.50. The molecule has 0 saturated heterocycles. The Balaban J connectivity index is 2.25. The molecule has 0 unspecified atom stereocenters. The first-order valence-electron chi connectivity index (χ1n) is 8.38. The maximum Gasteiger partial charge on any atom is 0.186 e. The molecule has 6 nitrogen and oxygen atoms in total. The van der Waals surface area contributed by atoms with Crippen molar-refractivity contribution in [3.63, 3.8) is 0 Å². The highest BCUT2D eigenvalue weighted by Crippen LogP contribution is 2.33. The molecule has 6 heteroatoms. The lowest BCUT2D eigenvalue weighted by Crippen LogP contribution is -2.23. The molecule has 0 aliphatic rings. The summed E-state index contributed by atoms with van der Waals surface area (Å²) >= 11 is 0. The number of nitrogens with two attached hydrogens (primary N) is 3. The zero-order valence-corrected chi connectivity index (χ0v) is 14.6. The first-order valence-corrected chi connectivity index (χ1v) is 8.38. The highest BCUT2D eigenvalue weighted by molar-refractivity contribution is 5.75. The number of hydrogen-bond donors (Lipinski definition) is 3. The molecule has 0 amide bonds. The fourth-order valence-electron chi connectivity index (χ4n) is 2.41. The van der Waals surface area contributed by atoms with E-state index >= 15 is 0 Å². The van der Waals surface area contributed by atoms with Gasteiger partial charge in [0.05, 0.1) is 6.54 Å². The molecule has 2 rings (SSSR count). The van der Waals surface area contributed by atoms with E-state index in [9.17, 15) is 0 Å². The number of aryl methyl sites for hydroxylation is 1. The van der Waals surface area contributed by atoms with Crippen LogP contribution in [0.5, 0.6) is 11.5 Å². The van der Waals surface area contributed by atoms with E-state index in [2.05, 4.69) is 30.1 Å². The van der Waals surface area contributed by atoms with Crippen LogP contribution in [0.4, 0.5) is 0 Å². The van der Waals surface area contributed by atoms with Crippen LogP contribution in [0, 0.1) is 0 Å². The minimum atomic E-state index is 0.0656. The van der Waals surface area contributed by atoms with Gasteiger partial charge in [-0.15, -0.1) is 0 Å². The molecule has 0 spiro atoms. The van der Waals surface area contributed by atoms with E-state index in [0.29, 0.717) is 26.3 Å². The van der Waals surface area contributed by atoms with E-state index in [0.717, 1.165) is 29.0 Å². The summed E-state index contributed by atoms with van der Waals surface area (Å²) in [7, 11) is 0. The third kappa shape index (κ3) is 5.69. The Morgan fingerprint density at radius 3 is 2.60 bits per heavy atom. The van der Waals surface area contributed by atoms with Crippen molar-refractivity contribution in [3.8, 4) is 22.6 Å². The van der Waals surface area contributed by atoms with E-state index in [4.69, 9.17) is 26.7 Å². The predicted octanol–water partition coefficient (Wildman–Crippen LogP) is 1.91. The Morgan fingerprint density at radius 2 is 1.88 bits per heavy atom. The first-order chi connectivity index (χ1) is 12.1. The minimum absolute atomic E-state index is 0.0656. The normalized spacial score (nSPS) is 10.3. The molecule has 0 radical (unpaired) electrons. The van der Waals surface area contributed by atoms with Crippen LogP contribution in [0.15, 0.2) is 47.5 Å². The number of rotatable bonds is 9. The smallest absolute Gasteiger partial charge is 0.186 e. The Bertz CT molecular complexity index is 712. The lowest BCUT2D eigenvalue weighted by molar-refractivity contribution is 0.327. The number of hydrogen-bond acceptors (Lipinski definition) is 4. The van der Waals surface area contributed by atoms with Crippen LogP contribution in [0.1, 0.15) is 12.5 Å². The van der Waals surface area contributed by atoms with Crippen LogP contribution < -0.4 is 26.7 Å². The quantitative estimate of drug-likeness (QED) is 0.366. The summed E-state index contributed by atoms with van der Waals surface area (Å²) in [6, 6.07) is 14.1. The second kappa shape index (κ2) is 9.54. The number of aliphatic imine (C=N–C) groups is 1. The zero-order chi connectivity index (χ0) is 18.1. The molecule has 0 aliphatic carbocycles. The monoisotopic (exact) mass is 342 g/mol. The molecule has 0 aliphatic heterocycles. The fourth-order valence-corrected chi connectivity index (χ4v) is 2.41. The van der Waals surface area contributed by atoms with Gasteiger partial charge in [-0.05, 0) is 35.7 Å². The Hall–Kier alpha value is -2.73. The van der Waals surface area contributed by atoms with Gasteiger partial charge in [-0.3, -0.25) is 4.99 Å². The molecule has 0 aromatic heterocycles. The molecular weight excluding hydrogens is 316 g/mol. The van der Waals surface area contributed by atoms with Crippen LogP contribution in [-0.2, 0) is 6.42 Å². The van der Waals surface area contributed by atoms with Crippen molar-refractivity contribution in [1.29, 1.82) is 0 Å². The lowest BCUT2D eigenvalue weighted by Gasteiger charge is -2.14. The molecule has 0 bridgehead atoms. The highest BCUT2D eigenvalue weighted by Gasteiger charge is 2.09. The van der Waals surface area contributed by atoms with Crippen molar-refractivity contribution >= 4 is 5.96 Å². The molecule has 2 aromatic rings. The van der Waals surface area contributed by atoms with E-state index in [-0.39, 0.29) is 5.96 Å². The second-order valence-electron chi connectivity index (χ2n) is 5.50. The SMILES string of the molecule is CCc1ccc(-c2cccc(OCCN)c2)c(OCCN=C(N)N)c1. The van der Waals surface area contributed by atoms with Gasteiger partial charge >= 0.3 is 0 Å². The number of guanidine groups is 1. The third-order valence-corrected chi connectivity index (χ3v) is 3.63. The first kappa shape index (κ1) is 18.6. The van der Waals surface area contributed by atoms with Crippen LogP contribution in [0.25, 0.3) is 11.1 Å². The molecule has 0 heterocycles. The van der Waals surface area contributed by atoms with Gasteiger partial charge in [-0.2, -0.15) is 0 Å². The standard InChI is InChI=1S/C19H26N4O2/c1-2-14-6-7-17(18(12-14)25-11-9-23-19(21)22)15-4-3-5-16(13-15)24-10-8-20/h3-7,12-13H,2,8-11,20H2,1H3,(H4,21,22,23). The summed E-state index contributed by atoms with van der Waals surface area (Å²) in [6.07, 6.45) is 0.935. The van der Waals surface area contributed by atoms with Crippen molar-refractivity contribution in [2.45, 2.75) is 13.3 Å². The van der Waals surface area contributed by atoms with Gasteiger partial charge in [0.1, 0.15) is 24.7 Å². The zero-order valence-electron chi connectivity index (χ0n) is 14.6. The Morgan fingerprint density at radius 1 is 1.04 bits per heavy atom. The largest absolute Gasteiger partial charge is 0.492 e. The summed E-state index contributed by atoms with van der Waals surface area (Å²) in [5, 5.41) is 0. The molecule has 0 atom stereocenters. The molecule has 6 N–H and O–H groups in total. The maximum absolute atomic E-state index is 5.93. The van der Waals surface area contributed by atoms with E-state index in [1.807, 2.05) is 24.3 Å². The maximum atomic E-state index is 5.93. The van der Waals surface area contributed by atoms with Crippen LogP contribution in [0.3, 0.4) is 0 Å². The molecule has 0 fully saturated rings. The average molecular weight is 342 g/mol. The van der Waals surface area contributed by atoms with E-state index in [1.165, 1.54) is 5.56 Å². The molecule has 2 aromatic carbocycles. The summed E-state index contributed by atoms with van der Waals surface area (Å²) in [6.45, 7) is 3.90. The van der Waals surface area contributed by atoms with Gasteiger partial charge in [0.2, 0.25) is 0 Å². The van der Waals surface area contributed by atoms with Gasteiger partial charge in [0.15, 0.2) is 5.96 Å². The van der Waals surface area contributed by atoms with Crippen molar-refractivity contribution < 1.29 is 9.47 Å². The van der Waals surface area contributed by atoms with Crippen molar-refractivity contribution in [2.24, 2.45) is 22.2 Å². The van der Waals surface area contributed by atoms with Gasteiger partial charge in [-0.25, -0.2) is 0 Å². The van der Waals surface area contributed by atoms with Gasteiger partial charge < -0.3 is 26.7 Å². The topological polar surface area (TPSA) is 109 Å². The fraction of sp³-hybridized carbons (Fsp3) is 0.316. The predicted molar refractivity (Wildman–Crippen MR) is 102 cm³/mol. The molecular formula is C19H26N4O2. The number of benzene rings is 2. The van der Waals surface area contributed by atoms with Crippen molar-refractivity contribution in [3.05, 3.63) is 48.0 Å². The molecule has 134 valence electrons. The van der Waals surface area contributed by atoms with E-state index in [1.54, 1.807) is 0 Å². The lowest BCUT2D eigenvalue weighted by atomic mass is 10.0. The van der Waals surface area contributed by atoms with E-state index < -0.39 is 0 Å². The summed E-state index contributed by atoms with van der Waals surface area (Å²) in [5.41, 5.74) is 19.4. The summed E-state index contributed by atoms with van der Waals surface area (Å²) < 4.78 is 11.5. The van der Waals surface area contributed by atoms with Crippen LogP contribution >= 0.6 is 0 Å². The van der Waals surface area contributed by atoms with Crippen molar-refractivity contribution in [1.82, 2.24) is 0 Å². The highest BCUT2D eigenvalue weighted by atomic mass is 16.5. The third-order valence-electron chi connectivity index (χ3n) is 3.63. The van der Waals surface area contributed by atoms with Gasteiger partial charge in [0.25, 0.3) is 0 Å². The minimum Gasteiger partial charge on any atom is -0.492 e. The Labute approximate surface area is 148 Å². The van der Waals surface area contributed by atoms with Crippen LogP contribution in [0.2, 0.25) is 0 Å². The summed E-state index contributed by atoms with van der Waals surface area (Å²) in [5.74, 6) is 1.66. The Kier molecular flexibility index (Phi) is 7.10.